The van der Waals surface area contributed by atoms with E-state index < -0.39 is 0 Å². The van der Waals surface area contributed by atoms with E-state index in [1.54, 1.807) is 30.7 Å². The zero-order valence-electron chi connectivity index (χ0n) is 10.7. The number of nitrogens with zero attached hydrogens (tertiary/aromatic N) is 1. The summed E-state index contributed by atoms with van der Waals surface area (Å²) in [5.74, 6) is -0.116. The van der Waals surface area contributed by atoms with Gasteiger partial charge in [0.25, 0.3) is 5.91 Å². The number of imidazole rings is 1. The molecule has 0 radical (unpaired) electrons. The van der Waals surface area contributed by atoms with E-state index in [0.717, 1.165) is 5.69 Å². The van der Waals surface area contributed by atoms with Gasteiger partial charge in [0.15, 0.2) is 0 Å². The molecule has 0 aliphatic carbocycles. The van der Waals surface area contributed by atoms with Gasteiger partial charge in [-0.25, -0.2) is 4.98 Å². The van der Waals surface area contributed by atoms with Crippen molar-refractivity contribution in [3.8, 4) is 0 Å². The highest BCUT2D eigenvalue weighted by atomic mass is 16.1. The number of rotatable bonds is 5. The van der Waals surface area contributed by atoms with Crippen molar-refractivity contribution in [2.24, 2.45) is 0 Å². The number of nitrogens with one attached hydrogen (secondary N) is 3. The molecule has 6 nitrogen and oxygen atoms in total. The summed E-state index contributed by atoms with van der Waals surface area (Å²) in [6, 6.07) is 5.18. The smallest absolute Gasteiger partial charge is 0.253 e. The molecule has 1 aromatic heterocycles. The lowest BCUT2D eigenvalue weighted by molar-refractivity contribution is 0.0956. The van der Waals surface area contributed by atoms with Gasteiger partial charge in [0.05, 0.1) is 24.1 Å². The van der Waals surface area contributed by atoms with E-state index in [0.29, 0.717) is 30.0 Å². The average Bonchev–Trinajstić information content (AvgIpc) is 2.89. The fraction of sp³-hybridized carbons (Fsp3) is 0.231. The highest BCUT2D eigenvalue weighted by Crippen LogP contribution is 2.19. The first-order chi connectivity index (χ1) is 9.20. The van der Waals surface area contributed by atoms with Crippen molar-refractivity contribution in [3.05, 3.63) is 42.0 Å². The standard InChI is InChI=1S/C13H17N5O/c1-2-16-13(19)11-4-3-9(14)5-12(11)17-7-10-6-15-8-18-10/h3-6,8,17H,2,7,14H2,1H3,(H,15,18)(H,16,19). The van der Waals surface area contributed by atoms with Crippen LogP contribution in [0.5, 0.6) is 0 Å². The number of benzene rings is 1. The molecule has 5 N–H and O–H groups in total. The SMILES string of the molecule is CCNC(=O)c1ccc(N)cc1NCc1cnc[nH]1. The van der Waals surface area contributed by atoms with E-state index in [9.17, 15) is 4.79 Å². The van der Waals surface area contributed by atoms with Crippen LogP contribution in [-0.4, -0.2) is 22.4 Å². The van der Waals surface area contributed by atoms with Crippen LogP contribution in [0.2, 0.25) is 0 Å². The van der Waals surface area contributed by atoms with Crippen LogP contribution in [0.1, 0.15) is 23.0 Å². The molecule has 0 spiro atoms. The van der Waals surface area contributed by atoms with E-state index in [-0.39, 0.29) is 5.91 Å². The van der Waals surface area contributed by atoms with Crippen molar-refractivity contribution in [2.75, 3.05) is 17.6 Å². The fourth-order valence-electron chi connectivity index (χ4n) is 1.73. The van der Waals surface area contributed by atoms with Crippen LogP contribution < -0.4 is 16.4 Å². The summed E-state index contributed by atoms with van der Waals surface area (Å²) in [5, 5.41) is 5.96. The summed E-state index contributed by atoms with van der Waals surface area (Å²) >= 11 is 0. The third-order valence-electron chi connectivity index (χ3n) is 2.65. The second-order valence-corrected chi connectivity index (χ2v) is 4.09. The Bertz CT molecular complexity index is 550. The maximum atomic E-state index is 11.9. The first-order valence-electron chi connectivity index (χ1n) is 6.09. The Labute approximate surface area is 111 Å². The van der Waals surface area contributed by atoms with Crippen molar-refractivity contribution >= 4 is 17.3 Å². The number of aromatic amines is 1. The minimum Gasteiger partial charge on any atom is -0.399 e. The van der Waals surface area contributed by atoms with Crippen LogP contribution in [0.15, 0.2) is 30.7 Å². The summed E-state index contributed by atoms with van der Waals surface area (Å²) in [6.45, 7) is 3.02. The predicted octanol–water partition coefficient (Wildman–Crippen LogP) is 1.35. The minimum atomic E-state index is -0.116. The van der Waals surface area contributed by atoms with Gasteiger partial charge in [0.2, 0.25) is 0 Å². The lowest BCUT2D eigenvalue weighted by Crippen LogP contribution is -2.24. The molecule has 0 saturated carbocycles. The molecular formula is C13H17N5O. The van der Waals surface area contributed by atoms with E-state index >= 15 is 0 Å². The van der Waals surface area contributed by atoms with Crippen LogP contribution in [-0.2, 0) is 6.54 Å². The van der Waals surface area contributed by atoms with Gasteiger partial charge in [0, 0.05) is 24.1 Å². The predicted molar refractivity (Wildman–Crippen MR) is 74.8 cm³/mol. The van der Waals surface area contributed by atoms with Gasteiger partial charge in [-0.3, -0.25) is 4.79 Å². The normalized spacial score (nSPS) is 10.2. The first-order valence-corrected chi connectivity index (χ1v) is 6.09. The summed E-state index contributed by atoms with van der Waals surface area (Å²) < 4.78 is 0. The number of H-pyrrole nitrogens is 1. The molecule has 0 unspecified atom stereocenters. The minimum absolute atomic E-state index is 0.116. The van der Waals surface area contributed by atoms with Gasteiger partial charge in [-0.05, 0) is 25.1 Å². The van der Waals surface area contributed by atoms with Gasteiger partial charge in [-0.15, -0.1) is 0 Å². The number of nitrogen functional groups attached to an aromatic ring is 1. The molecule has 0 saturated heterocycles. The van der Waals surface area contributed by atoms with Crippen LogP contribution in [0.4, 0.5) is 11.4 Å². The first kappa shape index (κ1) is 12.9. The molecule has 1 aromatic carbocycles. The van der Waals surface area contributed by atoms with E-state index in [2.05, 4.69) is 20.6 Å². The molecule has 1 heterocycles. The third kappa shape index (κ3) is 3.25. The lowest BCUT2D eigenvalue weighted by atomic mass is 10.1. The molecule has 2 rings (SSSR count). The molecule has 0 atom stereocenters. The molecular weight excluding hydrogens is 242 g/mol. The van der Waals surface area contributed by atoms with Gasteiger partial charge in [0.1, 0.15) is 0 Å². The summed E-state index contributed by atoms with van der Waals surface area (Å²) in [4.78, 5) is 18.9. The zero-order valence-corrected chi connectivity index (χ0v) is 10.7. The Morgan fingerprint density at radius 2 is 2.32 bits per heavy atom. The Hall–Kier alpha value is -2.50. The number of hydrogen-bond acceptors (Lipinski definition) is 4. The second kappa shape index (κ2) is 5.90. The molecule has 0 aliphatic rings. The number of carbonyl (C=O) groups is 1. The van der Waals surface area contributed by atoms with Crippen molar-refractivity contribution in [1.29, 1.82) is 0 Å². The van der Waals surface area contributed by atoms with Crippen LogP contribution in [0, 0.1) is 0 Å². The maximum absolute atomic E-state index is 11.9. The number of nitrogens with two attached hydrogens (primary N) is 1. The third-order valence-corrected chi connectivity index (χ3v) is 2.65. The molecule has 6 heteroatoms. The summed E-state index contributed by atoms with van der Waals surface area (Å²) in [6.07, 6.45) is 3.34. The molecule has 0 bridgehead atoms. The zero-order chi connectivity index (χ0) is 13.7. The second-order valence-electron chi connectivity index (χ2n) is 4.09. The van der Waals surface area contributed by atoms with E-state index in [4.69, 9.17) is 5.73 Å². The Morgan fingerprint density at radius 1 is 1.47 bits per heavy atom. The van der Waals surface area contributed by atoms with Gasteiger partial charge in [-0.2, -0.15) is 0 Å². The summed E-state index contributed by atoms with van der Waals surface area (Å²) in [7, 11) is 0. The van der Waals surface area contributed by atoms with E-state index in [1.807, 2.05) is 6.92 Å². The van der Waals surface area contributed by atoms with Gasteiger partial charge >= 0.3 is 0 Å². The van der Waals surface area contributed by atoms with Crippen molar-refractivity contribution < 1.29 is 4.79 Å². The van der Waals surface area contributed by atoms with Crippen molar-refractivity contribution in [3.63, 3.8) is 0 Å². The van der Waals surface area contributed by atoms with Crippen LogP contribution in [0.25, 0.3) is 0 Å². The fourth-order valence-corrected chi connectivity index (χ4v) is 1.73. The van der Waals surface area contributed by atoms with Crippen LogP contribution >= 0.6 is 0 Å². The Kier molecular flexibility index (Phi) is 4.02. The van der Waals surface area contributed by atoms with Gasteiger partial charge in [-0.1, -0.05) is 0 Å². The van der Waals surface area contributed by atoms with Crippen molar-refractivity contribution in [1.82, 2.24) is 15.3 Å². The molecule has 0 fully saturated rings. The molecule has 0 aliphatic heterocycles. The van der Waals surface area contributed by atoms with Crippen LogP contribution in [0.3, 0.4) is 0 Å². The largest absolute Gasteiger partial charge is 0.399 e. The number of anilines is 2. The molecule has 1 amide bonds. The average molecular weight is 259 g/mol. The molecule has 2 aromatic rings. The highest BCUT2D eigenvalue weighted by Gasteiger charge is 2.10. The quantitative estimate of drug-likeness (QED) is 0.609. The number of hydrogen-bond donors (Lipinski definition) is 4. The monoisotopic (exact) mass is 259 g/mol. The van der Waals surface area contributed by atoms with Crippen molar-refractivity contribution in [2.45, 2.75) is 13.5 Å². The molecule has 100 valence electrons. The number of amides is 1. The van der Waals surface area contributed by atoms with E-state index in [1.165, 1.54) is 0 Å². The Morgan fingerprint density at radius 3 is 3.00 bits per heavy atom. The van der Waals surface area contributed by atoms with Gasteiger partial charge < -0.3 is 21.4 Å². The highest BCUT2D eigenvalue weighted by molar-refractivity contribution is 6.00. The summed E-state index contributed by atoms with van der Waals surface area (Å²) in [5.41, 5.74) is 8.59. The molecule has 19 heavy (non-hydrogen) atoms. The number of carbonyl (C=O) groups excluding carboxylic acids is 1. The maximum Gasteiger partial charge on any atom is 0.253 e. The topological polar surface area (TPSA) is 95.8 Å². The number of aromatic nitrogens is 2. The Balaban J connectivity index is 2.17. The lowest BCUT2D eigenvalue weighted by Gasteiger charge is -2.12.